The second-order valence-corrected chi connectivity index (χ2v) is 5.52. The van der Waals surface area contributed by atoms with Crippen molar-refractivity contribution in [3.8, 4) is 11.8 Å². The van der Waals surface area contributed by atoms with Gasteiger partial charge < -0.3 is 10.5 Å². The Kier molecular flexibility index (Phi) is 5.96. The van der Waals surface area contributed by atoms with Gasteiger partial charge >= 0.3 is 5.97 Å². The molecule has 0 aliphatic rings. The highest BCUT2D eigenvalue weighted by Gasteiger charge is 2.14. The number of aromatic nitrogens is 1. The van der Waals surface area contributed by atoms with Gasteiger partial charge in [-0.1, -0.05) is 11.8 Å². The van der Waals surface area contributed by atoms with Gasteiger partial charge in [0.1, 0.15) is 5.82 Å². The average Bonchev–Trinajstić information content (AvgIpc) is 2.42. The molecule has 0 fully saturated rings. The van der Waals surface area contributed by atoms with Crippen molar-refractivity contribution in [2.75, 3.05) is 24.1 Å². The van der Waals surface area contributed by atoms with Crippen LogP contribution in [0.15, 0.2) is 18.3 Å². The van der Waals surface area contributed by atoms with Gasteiger partial charge in [-0.25, -0.2) is 13.4 Å². The van der Waals surface area contributed by atoms with E-state index in [0.717, 1.165) is 0 Å². The SMILES string of the molecule is COC(=O)CCS(=O)(=O)Nc1cc(C#CCN)ccn1. The van der Waals surface area contributed by atoms with Crippen molar-refractivity contribution < 1.29 is 17.9 Å². The van der Waals surface area contributed by atoms with Crippen molar-refractivity contribution in [2.24, 2.45) is 5.73 Å². The first kappa shape index (κ1) is 15.9. The van der Waals surface area contributed by atoms with Crippen LogP contribution in [0.25, 0.3) is 0 Å². The molecule has 1 heterocycles. The van der Waals surface area contributed by atoms with Crippen molar-refractivity contribution in [3.05, 3.63) is 23.9 Å². The highest BCUT2D eigenvalue weighted by Crippen LogP contribution is 2.08. The van der Waals surface area contributed by atoms with E-state index in [1.807, 2.05) is 0 Å². The van der Waals surface area contributed by atoms with Crippen LogP contribution in [-0.4, -0.2) is 38.8 Å². The molecule has 0 aromatic carbocycles. The fourth-order valence-electron chi connectivity index (χ4n) is 1.25. The summed E-state index contributed by atoms with van der Waals surface area (Å²) in [5, 5.41) is 0. The number of nitrogens with two attached hydrogens (primary N) is 1. The van der Waals surface area contributed by atoms with Gasteiger partial charge in [-0.15, -0.1) is 0 Å². The van der Waals surface area contributed by atoms with E-state index in [1.165, 1.54) is 19.4 Å². The fourth-order valence-corrected chi connectivity index (χ4v) is 2.22. The smallest absolute Gasteiger partial charge is 0.306 e. The number of anilines is 1. The number of carbonyl (C=O) groups excluding carboxylic acids is 1. The summed E-state index contributed by atoms with van der Waals surface area (Å²) in [6.45, 7) is 0.211. The van der Waals surface area contributed by atoms with Crippen molar-refractivity contribution >= 4 is 21.8 Å². The van der Waals surface area contributed by atoms with Crippen LogP contribution in [-0.2, 0) is 19.6 Å². The first-order valence-electron chi connectivity index (χ1n) is 5.69. The van der Waals surface area contributed by atoms with Crippen LogP contribution in [0.3, 0.4) is 0 Å². The lowest BCUT2D eigenvalue weighted by Gasteiger charge is -2.06. The lowest BCUT2D eigenvalue weighted by molar-refractivity contribution is -0.140. The van der Waals surface area contributed by atoms with Crippen molar-refractivity contribution in [1.29, 1.82) is 0 Å². The minimum Gasteiger partial charge on any atom is -0.469 e. The third kappa shape index (κ3) is 5.69. The first-order valence-corrected chi connectivity index (χ1v) is 7.34. The van der Waals surface area contributed by atoms with Gasteiger partial charge in [-0.2, -0.15) is 0 Å². The summed E-state index contributed by atoms with van der Waals surface area (Å²) in [5.74, 6) is 4.59. The second-order valence-electron chi connectivity index (χ2n) is 3.68. The number of nitrogens with one attached hydrogen (secondary N) is 1. The maximum Gasteiger partial charge on any atom is 0.306 e. The molecule has 0 saturated carbocycles. The Hall–Kier alpha value is -2.11. The monoisotopic (exact) mass is 297 g/mol. The lowest BCUT2D eigenvalue weighted by Crippen LogP contribution is -2.20. The van der Waals surface area contributed by atoms with E-state index in [1.54, 1.807) is 6.07 Å². The predicted molar refractivity (Wildman–Crippen MR) is 74.2 cm³/mol. The highest BCUT2D eigenvalue weighted by molar-refractivity contribution is 7.92. The maximum atomic E-state index is 11.7. The molecule has 0 saturated heterocycles. The molecule has 0 spiro atoms. The lowest BCUT2D eigenvalue weighted by atomic mass is 10.2. The number of ether oxygens (including phenoxy) is 1. The molecule has 0 amide bonds. The average molecular weight is 297 g/mol. The van der Waals surface area contributed by atoms with Crippen LogP contribution in [0.2, 0.25) is 0 Å². The van der Waals surface area contributed by atoms with Gasteiger partial charge in [0.2, 0.25) is 10.0 Å². The third-order valence-electron chi connectivity index (χ3n) is 2.16. The first-order chi connectivity index (χ1) is 9.46. The highest BCUT2D eigenvalue weighted by atomic mass is 32.2. The van der Waals surface area contributed by atoms with Crippen molar-refractivity contribution in [1.82, 2.24) is 4.98 Å². The van der Waals surface area contributed by atoms with Gasteiger partial charge in [-0.3, -0.25) is 9.52 Å². The molecule has 0 atom stereocenters. The van der Waals surface area contributed by atoms with Crippen LogP contribution in [0.1, 0.15) is 12.0 Å². The molecule has 108 valence electrons. The van der Waals surface area contributed by atoms with E-state index < -0.39 is 16.0 Å². The molecule has 3 N–H and O–H groups in total. The number of sulfonamides is 1. The Morgan fingerprint density at radius 1 is 1.55 bits per heavy atom. The summed E-state index contributed by atoms with van der Waals surface area (Å²) in [6, 6.07) is 3.12. The zero-order chi connectivity index (χ0) is 15.0. The molecule has 20 heavy (non-hydrogen) atoms. The Labute approximate surface area is 117 Å². The second kappa shape index (κ2) is 7.47. The zero-order valence-electron chi connectivity index (χ0n) is 10.9. The number of hydrogen-bond donors (Lipinski definition) is 2. The molecule has 8 heteroatoms. The summed E-state index contributed by atoms with van der Waals surface area (Å²) in [7, 11) is -2.47. The minimum absolute atomic E-state index is 0.138. The van der Waals surface area contributed by atoms with Gasteiger partial charge in [0, 0.05) is 11.8 Å². The molecule has 0 aliphatic heterocycles. The van der Waals surface area contributed by atoms with E-state index in [4.69, 9.17) is 5.73 Å². The van der Waals surface area contributed by atoms with Crippen LogP contribution in [0, 0.1) is 11.8 Å². The van der Waals surface area contributed by atoms with Gasteiger partial charge in [0.05, 0.1) is 25.8 Å². The zero-order valence-corrected chi connectivity index (χ0v) is 11.7. The number of methoxy groups -OCH3 is 1. The molecular weight excluding hydrogens is 282 g/mol. The van der Waals surface area contributed by atoms with Crippen LogP contribution >= 0.6 is 0 Å². The summed E-state index contributed by atoms with van der Waals surface area (Å²) < 4.78 is 30.1. The van der Waals surface area contributed by atoms with E-state index in [-0.39, 0.29) is 24.5 Å². The van der Waals surface area contributed by atoms with Gasteiger partial charge in [0.15, 0.2) is 0 Å². The molecule has 0 bridgehead atoms. The number of hydrogen-bond acceptors (Lipinski definition) is 6. The Morgan fingerprint density at radius 2 is 2.30 bits per heavy atom. The quantitative estimate of drug-likeness (QED) is 0.570. The number of esters is 1. The van der Waals surface area contributed by atoms with Crippen LogP contribution < -0.4 is 10.5 Å². The Balaban J connectivity index is 2.74. The maximum absolute atomic E-state index is 11.7. The summed E-state index contributed by atoms with van der Waals surface area (Å²) in [5.41, 5.74) is 5.85. The van der Waals surface area contributed by atoms with Crippen LogP contribution in [0.5, 0.6) is 0 Å². The molecule has 0 radical (unpaired) electrons. The molecule has 7 nitrogen and oxygen atoms in total. The largest absolute Gasteiger partial charge is 0.469 e. The Bertz CT molecular complexity index is 632. The van der Waals surface area contributed by atoms with Crippen LogP contribution in [0.4, 0.5) is 5.82 Å². The van der Waals surface area contributed by atoms with E-state index in [0.29, 0.717) is 5.56 Å². The van der Waals surface area contributed by atoms with Crippen molar-refractivity contribution in [2.45, 2.75) is 6.42 Å². The number of pyridine rings is 1. The number of rotatable bonds is 5. The summed E-state index contributed by atoms with van der Waals surface area (Å²) >= 11 is 0. The molecule has 0 aliphatic carbocycles. The van der Waals surface area contributed by atoms with Crippen molar-refractivity contribution in [3.63, 3.8) is 0 Å². The summed E-state index contributed by atoms with van der Waals surface area (Å²) in [6.07, 6.45) is 1.21. The molecule has 0 unspecified atom stereocenters. The molecule has 1 aromatic heterocycles. The standard InChI is InChI=1S/C12H15N3O4S/c1-19-12(16)5-8-20(17,18)15-11-9-10(3-2-6-13)4-7-14-11/h4,7,9H,5-6,8,13H2,1H3,(H,14,15). The molecule has 1 aromatic rings. The number of nitrogens with zero attached hydrogens (tertiary/aromatic N) is 1. The van der Waals surface area contributed by atoms with E-state index in [2.05, 4.69) is 26.3 Å². The van der Waals surface area contributed by atoms with Gasteiger partial charge in [0.25, 0.3) is 0 Å². The predicted octanol–water partition coefficient (Wildman–Crippen LogP) is -0.303. The van der Waals surface area contributed by atoms with E-state index >= 15 is 0 Å². The van der Waals surface area contributed by atoms with E-state index in [9.17, 15) is 13.2 Å². The molecule has 1 rings (SSSR count). The normalized spacial score (nSPS) is 10.3. The summed E-state index contributed by atoms with van der Waals surface area (Å²) in [4.78, 5) is 14.8. The minimum atomic E-state index is -3.66. The third-order valence-corrected chi connectivity index (χ3v) is 3.42. The fraction of sp³-hybridized carbons (Fsp3) is 0.333. The number of carbonyl (C=O) groups is 1. The van der Waals surface area contributed by atoms with Gasteiger partial charge in [-0.05, 0) is 12.1 Å². The Morgan fingerprint density at radius 3 is 2.95 bits per heavy atom. The topological polar surface area (TPSA) is 111 Å². The molecular formula is C12H15N3O4S.